The number of carbonyl (C=O) groups excluding carboxylic acids is 1. The summed E-state index contributed by atoms with van der Waals surface area (Å²) in [5, 5.41) is 19.0. The van der Waals surface area contributed by atoms with Crippen molar-refractivity contribution < 1.29 is 4.79 Å². The second-order valence-electron chi connectivity index (χ2n) is 5.18. The quantitative estimate of drug-likeness (QED) is 0.495. The lowest BCUT2D eigenvalue weighted by molar-refractivity contribution is -0.120. The number of carbonyl (C=O) groups is 1. The summed E-state index contributed by atoms with van der Waals surface area (Å²) in [4.78, 5) is 12.2. The third kappa shape index (κ3) is 6.99. The molecular formula is C18H19BrN4OS. The summed E-state index contributed by atoms with van der Waals surface area (Å²) >= 11 is 1.24. The molecule has 0 fully saturated rings. The van der Waals surface area contributed by atoms with Crippen molar-refractivity contribution in [2.45, 2.75) is 18.7 Å². The van der Waals surface area contributed by atoms with Gasteiger partial charge in [0.05, 0.1) is 18.1 Å². The Labute approximate surface area is 161 Å². The molecule has 0 saturated heterocycles. The molecule has 0 aliphatic heterocycles. The SMILES string of the molecule is Br.N#Cc1ccc(CNC(=O)Cc2ccccc2CSC(=N)N)cc1. The van der Waals surface area contributed by atoms with E-state index >= 15 is 0 Å². The Morgan fingerprint density at radius 2 is 1.80 bits per heavy atom. The molecular weight excluding hydrogens is 400 g/mol. The van der Waals surface area contributed by atoms with Crippen LogP contribution in [-0.4, -0.2) is 11.1 Å². The maximum Gasteiger partial charge on any atom is 0.224 e. The van der Waals surface area contributed by atoms with Crippen LogP contribution in [0.2, 0.25) is 0 Å². The number of amides is 1. The summed E-state index contributed by atoms with van der Waals surface area (Å²) in [5.74, 6) is 0.508. The molecule has 2 rings (SSSR count). The molecule has 4 N–H and O–H groups in total. The van der Waals surface area contributed by atoms with Crippen molar-refractivity contribution in [2.24, 2.45) is 5.73 Å². The normalized spacial score (nSPS) is 9.56. The molecule has 0 radical (unpaired) electrons. The second-order valence-corrected chi connectivity index (χ2v) is 6.20. The van der Waals surface area contributed by atoms with Crippen molar-refractivity contribution in [3.05, 3.63) is 70.8 Å². The van der Waals surface area contributed by atoms with E-state index in [0.717, 1.165) is 16.7 Å². The number of thioether (sulfide) groups is 1. The lowest BCUT2D eigenvalue weighted by atomic mass is 10.1. The number of halogens is 1. The molecule has 0 bridgehead atoms. The van der Waals surface area contributed by atoms with Crippen molar-refractivity contribution >= 4 is 39.8 Å². The summed E-state index contributed by atoms with van der Waals surface area (Å²) in [5.41, 5.74) is 8.86. The molecule has 25 heavy (non-hydrogen) atoms. The van der Waals surface area contributed by atoms with E-state index in [1.54, 1.807) is 12.1 Å². The predicted octanol–water partition coefficient (Wildman–Crippen LogP) is 3.12. The first kappa shape index (κ1) is 20.7. The van der Waals surface area contributed by atoms with Gasteiger partial charge in [0, 0.05) is 12.3 Å². The van der Waals surface area contributed by atoms with E-state index in [-0.39, 0.29) is 34.5 Å². The maximum atomic E-state index is 12.2. The summed E-state index contributed by atoms with van der Waals surface area (Å²) < 4.78 is 0. The van der Waals surface area contributed by atoms with Gasteiger partial charge in [0.25, 0.3) is 0 Å². The number of nitrogens with zero attached hydrogens (tertiary/aromatic N) is 1. The summed E-state index contributed by atoms with van der Waals surface area (Å²) in [7, 11) is 0. The maximum absolute atomic E-state index is 12.2. The van der Waals surface area contributed by atoms with E-state index in [0.29, 0.717) is 17.9 Å². The third-order valence-electron chi connectivity index (χ3n) is 3.43. The van der Waals surface area contributed by atoms with Crippen molar-refractivity contribution in [2.75, 3.05) is 0 Å². The van der Waals surface area contributed by atoms with Gasteiger partial charge < -0.3 is 11.1 Å². The van der Waals surface area contributed by atoms with Crippen molar-refractivity contribution in [3.63, 3.8) is 0 Å². The zero-order chi connectivity index (χ0) is 17.4. The molecule has 0 aromatic heterocycles. The number of nitrogens with one attached hydrogen (secondary N) is 2. The Kier molecular flexibility index (Phi) is 8.75. The fraction of sp³-hybridized carbons (Fsp3) is 0.167. The van der Waals surface area contributed by atoms with Crippen LogP contribution in [0.5, 0.6) is 0 Å². The highest BCUT2D eigenvalue weighted by Gasteiger charge is 2.08. The average molecular weight is 419 g/mol. The van der Waals surface area contributed by atoms with Crippen LogP contribution in [-0.2, 0) is 23.5 Å². The fourth-order valence-electron chi connectivity index (χ4n) is 2.16. The van der Waals surface area contributed by atoms with E-state index in [4.69, 9.17) is 16.4 Å². The molecule has 7 heteroatoms. The first-order valence-electron chi connectivity index (χ1n) is 7.38. The first-order chi connectivity index (χ1) is 11.6. The number of nitriles is 1. The van der Waals surface area contributed by atoms with Crippen LogP contribution in [0.25, 0.3) is 0 Å². The van der Waals surface area contributed by atoms with Crippen LogP contribution in [0.1, 0.15) is 22.3 Å². The Bertz CT molecular complexity index is 771. The monoisotopic (exact) mass is 418 g/mol. The van der Waals surface area contributed by atoms with Crippen LogP contribution >= 0.6 is 28.7 Å². The standard InChI is InChI=1S/C18H18N4OS.BrH/c19-10-13-5-7-14(8-6-13)11-22-17(23)9-15-3-1-2-4-16(15)12-24-18(20)21;/h1-8H,9,11-12H2,(H3,20,21)(H,22,23);1H. The average Bonchev–Trinajstić information content (AvgIpc) is 2.59. The van der Waals surface area contributed by atoms with Gasteiger partial charge in [0.2, 0.25) is 5.91 Å². The molecule has 2 aromatic rings. The molecule has 2 aromatic carbocycles. The summed E-state index contributed by atoms with van der Waals surface area (Å²) in [6.45, 7) is 0.426. The van der Waals surface area contributed by atoms with Crippen LogP contribution in [0.3, 0.4) is 0 Å². The largest absolute Gasteiger partial charge is 0.379 e. The molecule has 0 saturated carbocycles. The molecule has 0 spiro atoms. The smallest absolute Gasteiger partial charge is 0.224 e. The molecule has 130 valence electrons. The minimum Gasteiger partial charge on any atom is -0.379 e. The molecule has 5 nitrogen and oxygen atoms in total. The van der Waals surface area contributed by atoms with Crippen molar-refractivity contribution in [3.8, 4) is 6.07 Å². The number of hydrogen-bond donors (Lipinski definition) is 3. The number of benzene rings is 2. The van der Waals surface area contributed by atoms with E-state index < -0.39 is 0 Å². The van der Waals surface area contributed by atoms with Gasteiger partial charge in [-0.2, -0.15) is 5.26 Å². The highest BCUT2D eigenvalue weighted by Crippen LogP contribution is 2.17. The minimum atomic E-state index is -0.0698. The number of nitrogens with two attached hydrogens (primary N) is 1. The number of rotatable bonds is 6. The van der Waals surface area contributed by atoms with Gasteiger partial charge in [-0.25, -0.2) is 0 Å². The van der Waals surface area contributed by atoms with E-state index in [2.05, 4.69) is 11.4 Å². The Balaban J connectivity index is 0.00000312. The first-order valence-corrected chi connectivity index (χ1v) is 8.36. The predicted molar refractivity (Wildman–Crippen MR) is 107 cm³/mol. The van der Waals surface area contributed by atoms with E-state index in [1.165, 1.54) is 11.8 Å². The second kappa shape index (κ2) is 10.5. The Morgan fingerprint density at radius 1 is 1.16 bits per heavy atom. The van der Waals surface area contributed by atoms with Gasteiger partial charge in [0.1, 0.15) is 0 Å². The number of amidine groups is 1. The lowest BCUT2D eigenvalue weighted by Crippen LogP contribution is -2.25. The van der Waals surface area contributed by atoms with Crippen LogP contribution in [0, 0.1) is 16.7 Å². The molecule has 0 atom stereocenters. The molecule has 0 heterocycles. The van der Waals surface area contributed by atoms with Gasteiger partial charge in [-0.05, 0) is 28.8 Å². The zero-order valence-corrected chi connectivity index (χ0v) is 16.0. The van der Waals surface area contributed by atoms with Crippen LogP contribution in [0.4, 0.5) is 0 Å². The van der Waals surface area contributed by atoms with Gasteiger partial charge in [0.15, 0.2) is 5.17 Å². The molecule has 0 unspecified atom stereocenters. The minimum absolute atomic E-state index is 0. The highest BCUT2D eigenvalue weighted by atomic mass is 79.9. The van der Waals surface area contributed by atoms with Crippen LogP contribution in [0.15, 0.2) is 48.5 Å². The molecule has 1 amide bonds. The Hall–Kier alpha value is -2.30. The molecule has 0 aliphatic rings. The van der Waals surface area contributed by atoms with Gasteiger partial charge in [-0.1, -0.05) is 48.2 Å². The zero-order valence-electron chi connectivity index (χ0n) is 13.5. The molecule has 0 aliphatic carbocycles. The highest BCUT2D eigenvalue weighted by molar-refractivity contribution is 8.93. The summed E-state index contributed by atoms with van der Waals surface area (Å²) in [6.07, 6.45) is 0.283. The van der Waals surface area contributed by atoms with Crippen LogP contribution < -0.4 is 11.1 Å². The van der Waals surface area contributed by atoms with Crippen molar-refractivity contribution in [1.29, 1.82) is 10.7 Å². The summed E-state index contributed by atoms with van der Waals surface area (Å²) in [6, 6.07) is 16.9. The fourth-order valence-corrected chi connectivity index (χ4v) is 2.75. The number of hydrogen-bond acceptors (Lipinski definition) is 4. The Morgan fingerprint density at radius 3 is 2.40 bits per heavy atom. The van der Waals surface area contributed by atoms with E-state index in [1.807, 2.05) is 36.4 Å². The van der Waals surface area contributed by atoms with E-state index in [9.17, 15) is 4.79 Å². The topological polar surface area (TPSA) is 103 Å². The van der Waals surface area contributed by atoms with Gasteiger partial charge >= 0.3 is 0 Å². The third-order valence-corrected chi connectivity index (χ3v) is 4.19. The van der Waals surface area contributed by atoms with Gasteiger partial charge in [-0.3, -0.25) is 10.2 Å². The van der Waals surface area contributed by atoms with Crippen molar-refractivity contribution in [1.82, 2.24) is 5.32 Å². The van der Waals surface area contributed by atoms with Gasteiger partial charge in [-0.15, -0.1) is 17.0 Å². The lowest BCUT2D eigenvalue weighted by Gasteiger charge is -2.10.